The van der Waals surface area contributed by atoms with Gasteiger partial charge in [0.25, 0.3) is 5.91 Å². The van der Waals surface area contributed by atoms with Crippen LogP contribution in [0.3, 0.4) is 0 Å². The molecule has 1 fully saturated rings. The number of amides is 2. The second kappa shape index (κ2) is 7.42. The summed E-state index contributed by atoms with van der Waals surface area (Å²) in [4.78, 5) is 25.6. The number of carbonyl (C=O) groups excluding carboxylic acids is 2. The Hall–Kier alpha value is -1.76. The first-order valence-corrected chi connectivity index (χ1v) is 8.03. The standard InChI is InChI=1S/C16H18ClF3N2O2/c1-10(17)15(24)22-8-6-11(7-9-22)21-14(23)12-4-2-3-5-13(12)16(18,19)20/h2-5,10-11H,6-9H2,1H3,(H,21,23). The van der Waals surface area contributed by atoms with Gasteiger partial charge in [0.1, 0.15) is 5.38 Å². The lowest BCUT2D eigenvalue weighted by Crippen LogP contribution is -2.48. The predicted octanol–water partition coefficient (Wildman–Crippen LogP) is 3.05. The number of carbonyl (C=O) groups is 2. The van der Waals surface area contributed by atoms with Gasteiger partial charge in [-0.1, -0.05) is 12.1 Å². The third-order valence-electron chi connectivity index (χ3n) is 3.96. The zero-order valence-corrected chi connectivity index (χ0v) is 13.8. The minimum absolute atomic E-state index is 0.177. The van der Waals surface area contributed by atoms with E-state index < -0.39 is 28.6 Å². The van der Waals surface area contributed by atoms with Crippen LogP contribution in [0.4, 0.5) is 13.2 Å². The fraction of sp³-hybridized carbons (Fsp3) is 0.500. The van der Waals surface area contributed by atoms with Crippen LogP contribution in [0.1, 0.15) is 35.7 Å². The lowest BCUT2D eigenvalue weighted by molar-refractivity contribution is -0.138. The van der Waals surface area contributed by atoms with Gasteiger partial charge in [-0.05, 0) is 31.9 Å². The van der Waals surface area contributed by atoms with E-state index in [9.17, 15) is 22.8 Å². The summed E-state index contributed by atoms with van der Waals surface area (Å²) in [7, 11) is 0. The van der Waals surface area contributed by atoms with Crippen molar-refractivity contribution in [1.82, 2.24) is 10.2 Å². The Labute approximate surface area is 143 Å². The second-order valence-corrected chi connectivity index (χ2v) is 6.39. The first-order chi connectivity index (χ1) is 11.2. The van der Waals surface area contributed by atoms with Gasteiger partial charge >= 0.3 is 6.18 Å². The molecule has 2 amide bonds. The molecule has 1 aromatic carbocycles. The number of benzene rings is 1. The van der Waals surface area contributed by atoms with E-state index in [2.05, 4.69) is 5.32 Å². The Morgan fingerprint density at radius 3 is 2.38 bits per heavy atom. The Morgan fingerprint density at radius 2 is 1.83 bits per heavy atom. The summed E-state index contributed by atoms with van der Waals surface area (Å²) >= 11 is 5.75. The molecule has 0 bridgehead atoms. The molecule has 8 heteroatoms. The number of likely N-dealkylation sites (tertiary alicyclic amines) is 1. The molecular weight excluding hydrogens is 345 g/mol. The summed E-state index contributed by atoms with van der Waals surface area (Å²) < 4.78 is 38.9. The molecule has 0 radical (unpaired) electrons. The molecule has 132 valence electrons. The van der Waals surface area contributed by atoms with Gasteiger partial charge < -0.3 is 10.2 Å². The zero-order chi connectivity index (χ0) is 17.9. The van der Waals surface area contributed by atoms with Crippen molar-refractivity contribution in [1.29, 1.82) is 0 Å². The monoisotopic (exact) mass is 362 g/mol. The lowest BCUT2D eigenvalue weighted by atomic mass is 10.0. The Morgan fingerprint density at radius 1 is 1.25 bits per heavy atom. The quantitative estimate of drug-likeness (QED) is 0.840. The molecule has 1 saturated heterocycles. The van der Waals surface area contributed by atoms with Gasteiger partial charge in [0.15, 0.2) is 0 Å². The van der Waals surface area contributed by atoms with Crippen molar-refractivity contribution in [2.45, 2.75) is 37.4 Å². The Bertz CT molecular complexity index is 612. The molecule has 1 atom stereocenters. The fourth-order valence-electron chi connectivity index (χ4n) is 2.69. The summed E-state index contributed by atoms with van der Waals surface area (Å²) in [6.07, 6.45) is -3.62. The number of alkyl halides is 4. The normalized spacial score (nSPS) is 17.5. The molecule has 0 aliphatic carbocycles. The molecule has 0 aromatic heterocycles. The van der Waals surface area contributed by atoms with E-state index in [1.54, 1.807) is 11.8 Å². The van der Waals surface area contributed by atoms with Crippen molar-refractivity contribution >= 4 is 23.4 Å². The number of piperidine rings is 1. The first-order valence-electron chi connectivity index (χ1n) is 7.60. The van der Waals surface area contributed by atoms with E-state index in [0.29, 0.717) is 25.9 Å². The Kier molecular flexibility index (Phi) is 5.74. The SMILES string of the molecule is CC(Cl)C(=O)N1CCC(NC(=O)c2ccccc2C(F)(F)F)CC1. The number of hydrogen-bond acceptors (Lipinski definition) is 2. The highest BCUT2D eigenvalue weighted by molar-refractivity contribution is 6.30. The van der Waals surface area contributed by atoms with E-state index in [1.807, 2.05) is 0 Å². The summed E-state index contributed by atoms with van der Waals surface area (Å²) in [5.41, 5.74) is -1.34. The van der Waals surface area contributed by atoms with Crippen LogP contribution in [0.2, 0.25) is 0 Å². The topological polar surface area (TPSA) is 49.4 Å². The highest BCUT2D eigenvalue weighted by Crippen LogP contribution is 2.31. The Balaban J connectivity index is 1.99. The van der Waals surface area contributed by atoms with Crippen molar-refractivity contribution in [2.24, 2.45) is 0 Å². The van der Waals surface area contributed by atoms with Gasteiger partial charge in [0, 0.05) is 19.1 Å². The van der Waals surface area contributed by atoms with Gasteiger partial charge in [0.05, 0.1) is 11.1 Å². The third kappa shape index (κ3) is 4.41. The van der Waals surface area contributed by atoms with E-state index >= 15 is 0 Å². The molecule has 4 nitrogen and oxygen atoms in total. The maximum absolute atomic E-state index is 13.0. The van der Waals surface area contributed by atoms with Gasteiger partial charge in [-0.2, -0.15) is 13.2 Å². The van der Waals surface area contributed by atoms with E-state index in [4.69, 9.17) is 11.6 Å². The average Bonchev–Trinajstić information content (AvgIpc) is 2.54. The van der Waals surface area contributed by atoms with Gasteiger partial charge in [0.2, 0.25) is 5.91 Å². The molecule has 1 unspecified atom stereocenters. The summed E-state index contributed by atoms with van der Waals surface area (Å²) in [5.74, 6) is -0.928. The number of rotatable bonds is 3. The molecule has 0 spiro atoms. The summed E-state index contributed by atoms with van der Waals surface area (Å²) in [5, 5.41) is 2.01. The van der Waals surface area contributed by atoms with Gasteiger partial charge in [-0.15, -0.1) is 11.6 Å². The van der Waals surface area contributed by atoms with E-state index in [-0.39, 0.29) is 11.9 Å². The van der Waals surface area contributed by atoms with Crippen LogP contribution < -0.4 is 5.32 Å². The first kappa shape index (κ1) is 18.6. The largest absolute Gasteiger partial charge is 0.417 e. The molecule has 1 N–H and O–H groups in total. The van der Waals surface area contributed by atoms with Crippen LogP contribution >= 0.6 is 11.6 Å². The van der Waals surface area contributed by atoms with E-state index in [0.717, 1.165) is 12.1 Å². The molecule has 2 rings (SSSR count). The van der Waals surface area contributed by atoms with Crippen molar-refractivity contribution in [3.63, 3.8) is 0 Å². The lowest BCUT2D eigenvalue weighted by Gasteiger charge is -2.33. The van der Waals surface area contributed by atoms with Gasteiger partial charge in [-0.3, -0.25) is 9.59 Å². The minimum atomic E-state index is -4.58. The molecular formula is C16H18ClF3N2O2. The third-order valence-corrected chi connectivity index (χ3v) is 4.15. The molecule has 1 aliphatic heterocycles. The van der Waals surface area contributed by atoms with Crippen molar-refractivity contribution in [3.05, 3.63) is 35.4 Å². The van der Waals surface area contributed by atoms with Crippen LogP contribution in [0, 0.1) is 0 Å². The minimum Gasteiger partial charge on any atom is -0.349 e. The average molecular weight is 363 g/mol. The highest BCUT2D eigenvalue weighted by atomic mass is 35.5. The van der Waals surface area contributed by atoms with Crippen molar-refractivity contribution in [3.8, 4) is 0 Å². The van der Waals surface area contributed by atoms with Crippen LogP contribution in [0.25, 0.3) is 0 Å². The van der Waals surface area contributed by atoms with Crippen molar-refractivity contribution in [2.75, 3.05) is 13.1 Å². The molecule has 1 heterocycles. The molecule has 1 aromatic rings. The molecule has 0 saturated carbocycles. The number of nitrogens with one attached hydrogen (secondary N) is 1. The summed E-state index contributed by atoms with van der Waals surface area (Å²) in [6, 6.07) is 4.42. The van der Waals surface area contributed by atoms with Crippen LogP contribution in [0.15, 0.2) is 24.3 Å². The predicted molar refractivity (Wildman–Crippen MR) is 83.8 cm³/mol. The maximum Gasteiger partial charge on any atom is 0.417 e. The molecule has 24 heavy (non-hydrogen) atoms. The second-order valence-electron chi connectivity index (χ2n) is 5.73. The van der Waals surface area contributed by atoms with Crippen LogP contribution in [-0.2, 0) is 11.0 Å². The zero-order valence-electron chi connectivity index (χ0n) is 13.1. The number of halogens is 4. The number of hydrogen-bond donors (Lipinski definition) is 1. The molecule has 1 aliphatic rings. The van der Waals surface area contributed by atoms with Gasteiger partial charge in [-0.25, -0.2) is 0 Å². The smallest absolute Gasteiger partial charge is 0.349 e. The van der Waals surface area contributed by atoms with Crippen LogP contribution in [-0.4, -0.2) is 41.2 Å². The van der Waals surface area contributed by atoms with Crippen molar-refractivity contribution < 1.29 is 22.8 Å². The van der Waals surface area contributed by atoms with E-state index in [1.165, 1.54) is 12.1 Å². The highest BCUT2D eigenvalue weighted by Gasteiger charge is 2.35. The summed E-state index contributed by atoms with van der Waals surface area (Å²) in [6.45, 7) is 2.43. The van der Waals surface area contributed by atoms with Crippen LogP contribution in [0.5, 0.6) is 0 Å². The fourth-order valence-corrected chi connectivity index (χ4v) is 2.83. The number of nitrogens with zero attached hydrogens (tertiary/aromatic N) is 1. The maximum atomic E-state index is 13.0.